The highest BCUT2D eigenvalue weighted by Crippen LogP contribution is 2.25. The summed E-state index contributed by atoms with van der Waals surface area (Å²) < 4.78 is 0. The molecular weight excluding hydrogens is 317 g/mol. The Morgan fingerprint density at radius 3 is 2.71 bits per heavy atom. The van der Waals surface area contributed by atoms with Crippen LogP contribution in [0.25, 0.3) is 11.5 Å². The lowest BCUT2D eigenvalue weighted by Gasteiger charge is -2.07. The lowest BCUT2D eigenvalue weighted by atomic mass is 10.1. The third-order valence-electron chi connectivity index (χ3n) is 2.84. The van der Waals surface area contributed by atoms with Crippen LogP contribution in [0.2, 0.25) is 10.0 Å². The van der Waals surface area contributed by atoms with Gasteiger partial charge in [0.05, 0.1) is 10.0 Å². The van der Waals surface area contributed by atoms with Gasteiger partial charge in [-0.1, -0.05) is 23.2 Å². The summed E-state index contributed by atoms with van der Waals surface area (Å²) >= 11 is 11.8. The van der Waals surface area contributed by atoms with E-state index in [1.807, 2.05) is 0 Å². The van der Waals surface area contributed by atoms with Crippen molar-refractivity contribution >= 4 is 29.2 Å². The van der Waals surface area contributed by atoms with Crippen LogP contribution in [0, 0.1) is 6.92 Å². The Morgan fingerprint density at radius 2 is 2.14 bits per heavy atom. The number of carboxylic acids is 1. The van der Waals surface area contributed by atoms with Crippen molar-refractivity contribution in [2.75, 3.05) is 0 Å². The van der Waals surface area contributed by atoms with Crippen LogP contribution in [0.1, 0.15) is 17.7 Å². The molecule has 21 heavy (non-hydrogen) atoms. The average Bonchev–Trinajstić information content (AvgIpc) is 2.37. The highest BCUT2D eigenvalue weighted by Gasteiger charge is 2.14. The molecule has 2 N–H and O–H groups in total. The molecule has 0 radical (unpaired) electrons. The number of halogens is 2. The van der Waals surface area contributed by atoms with Gasteiger partial charge in [0, 0.05) is 23.9 Å². The van der Waals surface area contributed by atoms with Crippen LogP contribution in [0.15, 0.2) is 17.1 Å². The van der Waals surface area contributed by atoms with Gasteiger partial charge in [0.2, 0.25) is 0 Å². The summed E-state index contributed by atoms with van der Waals surface area (Å²) in [5.41, 5.74) is 0.701. The van der Waals surface area contributed by atoms with Gasteiger partial charge in [-0.2, -0.15) is 0 Å². The monoisotopic (exact) mass is 327 g/mol. The molecule has 0 unspecified atom stereocenters. The first-order valence-corrected chi connectivity index (χ1v) is 6.77. The van der Waals surface area contributed by atoms with E-state index in [-0.39, 0.29) is 23.7 Å². The molecule has 0 saturated carbocycles. The molecule has 0 atom stereocenters. The van der Waals surface area contributed by atoms with E-state index in [1.165, 1.54) is 12.3 Å². The minimum absolute atomic E-state index is 0.117. The number of nitrogens with zero attached hydrogens (tertiary/aromatic N) is 2. The van der Waals surface area contributed by atoms with Gasteiger partial charge in [0.25, 0.3) is 5.56 Å². The Labute approximate surface area is 129 Å². The molecule has 0 saturated heterocycles. The second-order valence-corrected chi connectivity index (χ2v) is 5.20. The number of aliphatic carboxylic acids is 1. The third-order valence-corrected chi connectivity index (χ3v) is 3.34. The number of pyridine rings is 1. The summed E-state index contributed by atoms with van der Waals surface area (Å²) in [6.45, 7) is 1.64. The normalized spacial score (nSPS) is 10.6. The maximum absolute atomic E-state index is 12.0. The smallest absolute Gasteiger partial charge is 0.303 e. The van der Waals surface area contributed by atoms with Gasteiger partial charge in [-0.05, 0) is 19.4 Å². The highest BCUT2D eigenvalue weighted by atomic mass is 35.5. The van der Waals surface area contributed by atoms with Crippen LogP contribution >= 0.6 is 23.2 Å². The first-order chi connectivity index (χ1) is 9.88. The van der Waals surface area contributed by atoms with E-state index < -0.39 is 11.5 Å². The molecule has 8 heteroatoms. The Hall–Kier alpha value is -1.92. The van der Waals surface area contributed by atoms with Crippen LogP contribution in [0.3, 0.4) is 0 Å². The lowest BCUT2D eigenvalue weighted by Crippen LogP contribution is -2.18. The topological polar surface area (TPSA) is 95.9 Å². The average molecular weight is 328 g/mol. The molecule has 110 valence electrons. The van der Waals surface area contributed by atoms with E-state index in [1.54, 1.807) is 6.92 Å². The molecule has 2 aromatic heterocycles. The third kappa shape index (κ3) is 3.59. The standard InChI is InChI=1S/C13H11Cl2N3O3/c1-6-8(2-3-10(19)20)13(21)18-12(17-6)11-9(15)4-7(14)5-16-11/h4-5H,2-3H2,1H3,(H,19,20)(H,17,18,21). The molecule has 0 aliphatic heterocycles. The fraction of sp³-hybridized carbons (Fsp3) is 0.231. The number of hydrogen-bond donors (Lipinski definition) is 2. The van der Waals surface area contributed by atoms with Gasteiger partial charge in [-0.25, -0.2) is 9.97 Å². The molecule has 2 rings (SSSR count). The van der Waals surface area contributed by atoms with Crippen LogP contribution in [-0.2, 0) is 11.2 Å². The first-order valence-electron chi connectivity index (χ1n) is 6.01. The van der Waals surface area contributed by atoms with Crippen molar-refractivity contribution in [3.63, 3.8) is 0 Å². The number of aromatic nitrogens is 3. The SMILES string of the molecule is Cc1nc(-c2ncc(Cl)cc2Cl)[nH]c(=O)c1CCC(=O)O. The summed E-state index contributed by atoms with van der Waals surface area (Å²) in [5.74, 6) is -0.751. The van der Waals surface area contributed by atoms with Gasteiger partial charge < -0.3 is 10.1 Å². The number of hydrogen-bond acceptors (Lipinski definition) is 4. The molecule has 0 aliphatic rings. The number of aryl methyl sites for hydroxylation is 1. The number of rotatable bonds is 4. The van der Waals surface area contributed by atoms with Crippen molar-refractivity contribution < 1.29 is 9.90 Å². The molecule has 0 aliphatic carbocycles. The summed E-state index contributed by atoms with van der Waals surface area (Å²) in [4.78, 5) is 33.5. The van der Waals surface area contributed by atoms with Crippen LogP contribution in [0.5, 0.6) is 0 Å². The molecule has 2 heterocycles. The quantitative estimate of drug-likeness (QED) is 0.899. The molecule has 0 bridgehead atoms. The zero-order valence-electron chi connectivity index (χ0n) is 11.0. The van der Waals surface area contributed by atoms with E-state index in [4.69, 9.17) is 28.3 Å². The zero-order chi connectivity index (χ0) is 15.6. The number of aromatic amines is 1. The van der Waals surface area contributed by atoms with Crippen molar-refractivity contribution in [1.29, 1.82) is 0 Å². The Bertz CT molecular complexity index is 759. The van der Waals surface area contributed by atoms with Gasteiger partial charge in [0.1, 0.15) is 5.69 Å². The van der Waals surface area contributed by atoms with Crippen molar-refractivity contribution in [1.82, 2.24) is 15.0 Å². The number of carboxylic acid groups (broad SMARTS) is 1. The van der Waals surface area contributed by atoms with Gasteiger partial charge in [0.15, 0.2) is 5.82 Å². The Morgan fingerprint density at radius 1 is 1.43 bits per heavy atom. The van der Waals surface area contributed by atoms with E-state index in [2.05, 4.69) is 15.0 Å². The van der Waals surface area contributed by atoms with Crippen molar-refractivity contribution in [3.8, 4) is 11.5 Å². The fourth-order valence-electron chi connectivity index (χ4n) is 1.84. The van der Waals surface area contributed by atoms with Gasteiger partial charge in [-0.3, -0.25) is 9.59 Å². The molecule has 0 amide bonds. The van der Waals surface area contributed by atoms with Crippen molar-refractivity contribution in [2.24, 2.45) is 0 Å². The summed E-state index contributed by atoms with van der Waals surface area (Å²) in [5, 5.41) is 9.32. The summed E-state index contributed by atoms with van der Waals surface area (Å²) in [6, 6.07) is 1.50. The highest BCUT2D eigenvalue weighted by molar-refractivity contribution is 6.35. The van der Waals surface area contributed by atoms with E-state index in [9.17, 15) is 9.59 Å². The number of nitrogens with one attached hydrogen (secondary N) is 1. The summed E-state index contributed by atoms with van der Waals surface area (Å²) in [7, 11) is 0. The molecule has 0 spiro atoms. The second-order valence-electron chi connectivity index (χ2n) is 4.36. The Balaban J connectivity index is 2.44. The van der Waals surface area contributed by atoms with E-state index in [0.29, 0.717) is 22.0 Å². The zero-order valence-corrected chi connectivity index (χ0v) is 12.5. The molecule has 2 aromatic rings. The molecule has 0 fully saturated rings. The number of H-pyrrole nitrogens is 1. The minimum Gasteiger partial charge on any atom is -0.481 e. The predicted molar refractivity (Wildman–Crippen MR) is 78.8 cm³/mol. The first kappa shape index (κ1) is 15.5. The Kier molecular flexibility index (Phi) is 4.59. The van der Waals surface area contributed by atoms with Gasteiger partial charge >= 0.3 is 5.97 Å². The fourth-order valence-corrected chi connectivity index (χ4v) is 2.31. The largest absolute Gasteiger partial charge is 0.481 e. The van der Waals surface area contributed by atoms with Crippen LogP contribution in [-0.4, -0.2) is 26.0 Å². The van der Waals surface area contributed by atoms with E-state index in [0.717, 1.165) is 0 Å². The molecule has 0 aromatic carbocycles. The summed E-state index contributed by atoms with van der Waals surface area (Å²) in [6.07, 6.45) is 1.38. The number of carbonyl (C=O) groups is 1. The molecular formula is C13H11Cl2N3O3. The van der Waals surface area contributed by atoms with Crippen LogP contribution in [0.4, 0.5) is 0 Å². The maximum Gasteiger partial charge on any atom is 0.303 e. The van der Waals surface area contributed by atoms with Crippen molar-refractivity contribution in [2.45, 2.75) is 19.8 Å². The second kappa shape index (κ2) is 6.24. The van der Waals surface area contributed by atoms with Crippen LogP contribution < -0.4 is 5.56 Å². The molecule has 6 nitrogen and oxygen atoms in total. The lowest BCUT2D eigenvalue weighted by molar-refractivity contribution is -0.136. The van der Waals surface area contributed by atoms with E-state index >= 15 is 0 Å². The maximum atomic E-state index is 12.0. The minimum atomic E-state index is -0.972. The predicted octanol–water partition coefficient (Wildman–Crippen LogP) is 2.46. The van der Waals surface area contributed by atoms with Crippen molar-refractivity contribution in [3.05, 3.63) is 43.9 Å². The van der Waals surface area contributed by atoms with Gasteiger partial charge in [-0.15, -0.1) is 0 Å².